The van der Waals surface area contributed by atoms with Gasteiger partial charge in [0.15, 0.2) is 11.0 Å². The summed E-state index contributed by atoms with van der Waals surface area (Å²) in [7, 11) is 1.65. The molecule has 0 spiro atoms. The lowest BCUT2D eigenvalue weighted by Gasteiger charge is -2.13. The van der Waals surface area contributed by atoms with Crippen LogP contribution in [-0.4, -0.2) is 40.1 Å². The van der Waals surface area contributed by atoms with Crippen molar-refractivity contribution in [3.63, 3.8) is 0 Å². The van der Waals surface area contributed by atoms with Gasteiger partial charge in [-0.1, -0.05) is 68.1 Å². The molecule has 0 aliphatic carbocycles. The summed E-state index contributed by atoms with van der Waals surface area (Å²) >= 11 is 1.41. The van der Waals surface area contributed by atoms with Crippen LogP contribution >= 0.6 is 11.8 Å². The number of rotatable bonds is 10. The van der Waals surface area contributed by atoms with Crippen molar-refractivity contribution < 1.29 is 9.53 Å². The van der Waals surface area contributed by atoms with E-state index >= 15 is 0 Å². The summed E-state index contributed by atoms with van der Waals surface area (Å²) in [5.74, 6) is 2.23. The Morgan fingerprint density at radius 2 is 1.83 bits per heavy atom. The van der Waals surface area contributed by atoms with Gasteiger partial charge in [-0.2, -0.15) is 0 Å². The fraction of sp³-hybridized carbons (Fsp3) is 0.348. The zero-order valence-corrected chi connectivity index (χ0v) is 18.5. The number of nitrogens with zero attached hydrogens (tertiary/aromatic N) is 3. The minimum absolute atomic E-state index is 0.00477. The number of aromatic nitrogens is 3. The van der Waals surface area contributed by atoms with Crippen LogP contribution in [-0.2, 0) is 17.8 Å². The second kappa shape index (κ2) is 10.8. The molecule has 0 aliphatic heterocycles. The molecule has 2 aromatic carbocycles. The van der Waals surface area contributed by atoms with Gasteiger partial charge in [-0.15, -0.1) is 10.2 Å². The van der Waals surface area contributed by atoms with Crippen LogP contribution in [0, 0.1) is 5.92 Å². The Kier molecular flexibility index (Phi) is 7.90. The molecule has 7 heteroatoms. The largest absolute Gasteiger partial charge is 0.496 e. The SMILES string of the molecule is COc1ccccc1-c1nnc(SCC(=O)NCC(C)C)n1CCc1ccccc1. The van der Waals surface area contributed by atoms with Crippen LogP contribution in [0.1, 0.15) is 19.4 Å². The predicted molar refractivity (Wildman–Crippen MR) is 121 cm³/mol. The molecule has 158 valence electrons. The van der Waals surface area contributed by atoms with Gasteiger partial charge in [0.1, 0.15) is 5.75 Å². The van der Waals surface area contributed by atoms with Crippen molar-refractivity contribution in [3.05, 3.63) is 60.2 Å². The molecule has 0 bridgehead atoms. The number of carbonyl (C=O) groups excluding carboxylic acids is 1. The zero-order chi connectivity index (χ0) is 21.3. The van der Waals surface area contributed by atoms with E-state index in [1.165, 1.54) is 17.3 Å². The Balaban J connectivity index is 1.83. The Bertz CT molecular complexity index is 957. The molecule has 0 saturated heterocycles. The van der Waals surface area contributed by atoms with Gasteiger partial charge in [0.2, 0.25) is 5.91 Å². The molecule has 0 fully saturated rings. The highest BCUT2D eigenvalue weighted by Crippen LogP contribution is 2.31. The molecule has 0 saturated carbocycles. The van der Waals surface area contributed by atoms with Crippen molar-refractivity contribution >= 4 is 17.7 Å². The lowest BCUT2D eigenvalue weighted by atomic mass is 10.1. The highest BCUT2D eigenvalue weighted by Gasteiger charge is 2.18. The zero-order valence-electron chi connectivity index (χ0n) is 17.7. The number of para-hydroxylation sites is 1. The van der Waals surface area contributed by atoms with E-state index in [9.17, 15) is 4.79 Å². The van der Waals surface area contributed by atoms with Crippen molar-refractivity contribution in [1.29, 1.82) is 0 Å². The maximum Gasteiger partial charge on any atom is 0.230 e. The van der Waals surface area contributed by atoms with Crippen LogP contribution in [0.25, 0.3) is 11.4 Å². The van der Waals surface area contributed by atoms with Crippen molar-refractivity contribution in [2.45, 2.75) is 32.0 Å². The lowest BCUT2D eigenvalue weighted by Crippen LogP contribution is -2.28. The third-order valence-corrected chi connectivity index (χ3v) is 5.54. The minimum atomic E-state index is 0.00477. The lowest BCUT2D eigenvalue weighted by molar-refractivity contribution is -0.118. The molecule has 6 nitrogen and oxygen atoms in total. The van der Waals surface area contributed by atoms with Gasteiger partial charge in [0.25, 0.3) is 0 Å². The molecule has 3 rings (SSSR count). The van der Waals surface area contributed by atoms with E-state index in [0.717, 1.165) is 28.7 Å². The smallest absolute Gasteiger partial charge is 0.230 e. The number of thioether (sulfide) groups is 1. The van der Waals surface area contributed by atoms with Crippen LogP contribution in [0.3, 0.4) is 0 Å². The third kappa shape index (κ3) is 5.86. The monoisotopic (exact) mass is 424 g/mol. The second-order valence-electron chi connectivity index (χ2n) is 7.38. The number of aryl methyl sites for hydroxylation is 1. The van der Waals surface area contributed by atoms with Gasteiger partial charge in [0.05, 0.1) is 18.4 Å². The average Bonchev–Trinajstić information content (AvgIpc) is 3.18. The van der Waals surface area contributed by atoms with E-state index in [-0.39, 0.29) is 5.91 Å². The van der Waals surface area contributed by atoms with Gasteiger partial charge >= 0.3 is 0 Å². The van der Waals surface area contributed by atoms with Crippen molar-refractivity contribution in [2.75, 3.05) is 19.4 Å². The molecule has 3 aromatic rings. The van der Waals surface area contributed by atoms with Crippen LogP contribution in [0.5, 0.6) is 5.75 Å². The molecule has 1 amide bonds. The molecule has 1 heterocycles. The van der Waals surface area contributed by atoms with E-state index in [0.29, 0.717) is 24.8 Å². The standard InChI is InChI=1S/C23H28N4O2S/c1-17(2)15-24-21(28)16-30-23-26-25-22(19-11-7-8-12-20(19)29-3)27(23)14-13-18-9-5-4-6-10-18/h4-12,17H,13-16H2,1-3H3,(H,24,28). The summed E-state index contributed by atoms with van der Waals surface area (Å²) < 4.78 is 7.60. The highest BCUT2D eigenvalue weighted by molar-refractivity contribution is 7.99. The third-order valence-electron chi connectivity index (χ3n) is 4.57. The predicted octanol–water partition coefficient (Wildman–Crippen LogP) is 4.06. The second-order valence-corrected chi connectivity index (χ2v) is 8.32. The number of carbonyl (C=O) groups is 1. The van der Waals surface area contributed by atoms with Crippen LogP contribution in [0.2, 0.25) is 0 Å². The Morgan fingerprint density at radius 3 is 2.57 bits per heavy atom. The number of benzene rings is 2. The van der Waals surface area contributed by atoms with Crippen LogP contribution in [0.15, 0.2) is 59.8 Å². The molecular weight excluding hydrogens is 396 g/mol. The summed E-state index contributed by atoms with van der Waals surface area (Å²) in [6.45, 7) is 5.53. The molecule has 0 unspecified atom stereocenters. The molecule has 0 radical (unpaired) electrons. The van der Waals surface area contributed by atoms with E-state index in [1.807, 2.05) is 42.5 Å². The maximum atomic E-state index is 12.2. The Hall–Kier alpha value is -2.80. The first-order chi connectivity index (χ1) is 14.6. The fourth-order valence-corrected chi connectivity index (χ4v) is 3.80. The van der Waals surface area contributed by atoms with Crippen LogP contribution < -0.4 is 10.1 Å². The average molecular weight is 425 g/mol. The number of hydrogen-bond donors (Lipinski definition) is 1. The molecule has 0 aliphatic rings. The first kappa shape index (κ1) is 21.9. The van der Waals surface area contributed by atoms with E-state index in [2.05, 4.69) is 46.1 Å². The molecular formula is C23H28N4O2S. The van der Waals surface area contributed by atoms with Gasteiger partial charge in [-0.05, 0) is 30.0 Å². The van der Waals surface area contributed by atoms with E-state index in [1.54, 1.807) is 7.11 Å². The molecule has 30 heavy (non-hydrogen) atoms. The summed E-state index contributed by atoms with van der Waals surface area (Å²) in [4.78, 5) is 12.2. The number of amides is 1. The van der Waals surface area contributed by atoms with E-state index < -0.39 is 0 Å². The minimum Gasteiger partial charge on any atom is -0.496 e. The summed E-state index contributed by atoms with van der Waals surface area (Å²) in [6, 6.07) is 18.1. The Morgan fingerprint density at radius 1 is 1.10 bits per heavy atom. The fourth-order valence-electron chi connectivity index (χ4n) is 3.01. The first-order valence-corrected chi connectivity index (χ1v) is 11.1. The van der Waals surface area contributed by atoms with Crippen LogP contribution in [0.4, 0.5) is 0 Å². The number of hydrogen-bond acceptors (Lipinski definition) is 5. The molecule has 1 N–H and O–H groups in total. The quantitative estimate of drug-likeness (QED) is 0.497. The van der Waals surface area contributed by atoms with E-state index in [4.69, 9.17) is 4.74 Å². The summed E-state index contributed by atoms with van der Waals surface area (Å²) in [5, 5.41) is 12.5. The number of ether oxygens (including phenoxy) is 1. The maximum absolute atomic E-state index is 12.2. The van der Waals surface area contributed by atoms with Crippen molar-refractivity contribution in [3.8, 4) is 17.1 Å². The van der Waals surface area contributed by atoms with Gasteiger partial charge < -0.3 is 14.6 Å². The van der Waals surface area contributed by atoms with Gasteiger partial charge in [-0.25, -0.2) is 0 Å². The molecule has 1 aromatic heterocycles. The normalized spacial score (nSPS) is 10.9. The van der Waals surface area contributed by atoms with Crippen molar-refractivity contribution in [1.82, 2.24) is 20.1 Å². The first-order valence-electron chi connectivity index (χ1n) is 10.1. The topological polar surface area (TPSA) is 69.0 Å². The Labute approximate surface area is 182 Å². The molecule has 0 atom stereocenters. The van der Waals surface area contributed by atoms with Crippen molar-refractivity contribution in [2.24, 2.45) is 5.92 Å². The number of methoxy groups -OCH3 is 1. The highest BCUT2D eigenvalue weighted by atomic mass is 32.2. The summed E-state index contributed by atoms with van der Waals surface area (Å²) in [5.41, 5.74) is 2.12. The van der Waals surface area contributed by atoms with Gasteiger partial charge in [-0.3, -0.25) is 4.79 Å². The van der Waals surface area contributed by atoms with Gasteiger partial charge in [0, 0.05) is 13.1 Å². The summed E-state index contributed by atoms with van der Waals surface area (Å²) in [6.07, 6.45) is 0.841. The number of nitrogens with one attached hydrogen (secondary N) is 1.